The Labute approximate surface area is 214 Å². The summed E-state index contributed by atoms with van der Waals surface area (Å²) in [5.41, 5.74) is 6.12. The van der Waals surface area contributed by atoms with E-state index in [0.717, 1.165) is 11.1 Å². The van der Waals surface area contributed by atoms with Crippen molar-refractivity contribution < 1.29 is 39.0 Å². The summed E-state index contributed by atoms with van der Waals surface area (Å²) in [4.78, 5) is 0. The van der Waals surface area contributed by atoms with Gasteiger partial charge in [-0.2, -0.15) is 30.7 Å². The minimum atomic E-state index is 0. The molecule has 0 nitrogen and oxygen atoms in total. The molecule has 0 spiro atoms. The van der Waals surface area contributed by atoms with Gasteiger partial charge in [-0.05, 0) is 33.6 Å². The first-order valence-corrected chi connectivity index (χ1v) is 9.95. The van der Waals surface area contributed by atoms with E-state index in [1.807, 2.05) is 64.1 Å². The average molecular weight is 582 g/mol. The van der Waals surface area contributed by atoms with E-state index in [9.17, 15) is 0 Å². The Kier molecular flexibility index (Phi) is 39.8. The minimum absolute atomic E-state index is 0. The predicted octanol–water partition coefficient (Wildman–Crippen LogP) is 9.38. The standard InChI is InChI=1S/C7H10.C7H12.C7H11.C5H5.C2H5.2Ru/c1-2-7-5-3-4-6-7;2*1-6(2)5-7(3)4;1-2-4-5-3-1;1-2;;/h3-5H,2,6H2,1H3;5H,1H2,2-4H3;1,5H,2-4H3;1-5H;1H2,2H3;;/q;;3*-1;;+3. The number of hydrogen-bond donors (Lipinski definition) is 0. The second kappa shape index (κ2) is 30.2. The van der Waals surface area contributed by atoms with Gasteiger partial charge in [-0.3, -0.25) is 6.58 Å². The minimum Gasteiger partial charge on any atom is -0.346 e. The fourth-order valence-electron chi connectivity index (χ4n) is 2.02. The van der Waals surface area contributed by atoms with Crippen molar-refractivity contribution in [1.29, 1.82) is 0 Å². The van der Waals surface area contributed by atoms with Gasteiger partial charge in [0.2, 0.25) is 0 Å². The molecule has 171 valence electrons. The first-order valence-electron chi connectivity index (χ1n) is 9.95. The summed E-state index contributed by atoms with van der Waals surface area (Å²) in [5.74, 6) is 0. The summed E-state index contributed by atoms with van der Waals surface area (Å²) in [7, 11) is 0. The van der Waals surface area contributed by atoms with Crippen LogP contribution in [0.3, 0.4) is 0 Å². The van der Waals surface area contributed by atoms with E-state index in [2.05, 4.69) is 58.6 Å². The Balaban J connectivity index is -0.0000000885. The van der Waals surface area contributed by atoms with Crippen LogP contribution in [-0.2, 0) is 39.0 Å². The molecule has 0 aliphatic heterocycles. The van der Waals surface area contributed by atoms with Crippen LogP contribution in [0.4, 0.5) is 0 Å². The van der Waals surface area contributed by atoms with E-state index in [-0.39, 0.29) is 39.0 Å². The summed E-state index contributed by atoms with van der Waals surface area (Å²) in [6.45, 7) is 28.3. The Hall–Kier alpha value is -0.963. The van der Waals surface area contributed by atoms with Crippen molar-refractivity contribution in [2.24, 2.45) is 0 Å². The maximum atomic E-state index is 5.33. The predicted molar refractivity (Wildman–Crippen MR) is 132 cm³/mol. The van der Waals surface area contributed by atoms with Crippen LogP contribution in [0.1, 0.15) is 68.2 Å². The molecule has 30 heavy (non-hydrogen) atoms. The molecular formula is C28H43Ru2. The Morgan fingerprint density at radius 1 is 1.03 bits per heavy atom. The van der Waals surface area contributed by atoms with Crippen molar-refractivity contribution in [2.45, 2.75) is 68.2 Å². The van der Waals surface area contributed by atoms with Crippen molar-refractivity contribution in [3.05, 3.63) is 109 Å². The summed E-state index contributed by atoms with van der Waals surface area (Å²) < 4.78 is 0. The number of hydrogen-bond acceptors (Lipinski definition) is 0. The molecule has 1 aliphatic rings. The van der Waals surface area contributed by atoms with Gasteiger partial charge < -0.3 is 6.92 Å². The van der Waals surface area contributed by atoms with Gasteiger partial charge in [0.05, 0.1) is 0 Å². The number of rotatable bonds is 3. The quantitative estimate of drug-likeness (QED) is 0.190. The van der Waals surface area contributed by atoms with E-state index >= 15 is 0 Å². The average Bonchev–Trinajstić information content (AvgIpc) is 3.32. The van der Waals surface area contributed by atoms with Gasteiger partial charge in [0.25, 0.3) is 0 Å². The summed E-state index contributed by atoms with van der Waals surface area (Å²) in [5, 5.41) is 0. The molecule has 0 atom stereocenters. The Morgan fingerprint density at radius 3 is 1.60 bits per heavy atom. The van der Waals surface area contributed by atoms with E-state index < -0.39 is 0 Å². The monoisotopic (exact) mass is 583 g/mol. The molecule has 0 amide bonds. The molecule has 0 unspecified atom stereocenters. The van der Waals surface area contributed by atoms with Crippen molar-refractivity contribution in [1.82, 2.24) is 0 Å². The normalized spacial score (nSPS) is 9.30. The van der Waals surface area contributed by atoms with Crippen molar-refractivity contribution in [3.8, 4) is 0 Å². The molecule has 1 aliphatic carbocycles. The molecule has 2 heteroatoms. The Morgan fingerprint density at radius 2 is 1.50 bits per heavy atom. The molecule has 0 saturated carbocycles. The van der Waals surface area contributed by atoms with E-state index in [1.54, 1.807) is 12.5 Å². The molecule has 0 aromatic heterocycles. The molecule has 0 fully saturated rings. The Bertz CT molecular complexity index is 556. The van der Waals surface area contributed by atoms with Crippen molar-refractivity contribution in [2.75, 3.05) is 0 Å². The third-order valence-corrected chi connectivity index (χ3v) is 2.91. The maximum Gasteiger partial charge on any atom is 3.00 e. The summed E-state index contributed by atoms with van der Waals surface area (Å²) in [6.07, 6.45) is 12.9. The molecule has 1 radical (unpaired) electrons. The fourth-order valence-corrected chi connectivity index (χ4v) is 2.02. The van der Waals surface area contributed by atoms with Crippen LogP contribution in [0.5, 0.6) is 0 Å². The third kappa shape index (κ3) is 41.4. The first kappa shape index (κ1) is 39.5. The van der Waals surface area contributed by atoms with Crippen molar-refractivity contribution >= 4 is 0 Å². The van der Waals surface area contributed by atoms with Gasteiger partial charge >= 0.3 is 19.5 Å². The summed E-state index contributed by atoms with van der Waals surface area (Å²) >= 11 is 0. The zero-order valence-electron chi connectivity index (χ0n) is 20.4. The SMILES string of the molecule is C=C(C)C=C(C)C.CCC1=CC=CC1.[CH-]=C(C)C=C(C)C.[CH2-]C.[Ru+3].[Ru].c1cc[cH-]c1. The van der Waals surface area contributed by atoms with Crippen LogP contribution in [-0.4, -0.2) is 0 Å². The second-order valence-corrected chi connectivity index (χ2v) is 6.81. The van der Waals surface area contributed by atoms with Crippen LogP contribution in [0.2, 0.25) is 0 Å². The maximum absolute atomic E-state index is 5.33. The zero-order chi connectivity index (χ0) is 22.4. The molecule has 0 N–H and O–H groups in total. The molecule has 0 bridgehead atoms. The van der Waals surface area contributed by atoms with Crippen LogP contribution in [0.25, 0.3) is 0 Å². The van der Waals surface area contributed by atoms with Gasteiger partial charge in [-0.25, -0.2) is 23.8 Å². The largest absolute Gasteiger partial charge is 3.00 e. The van der Waals surface area contributed by atoms with E-state index in [0.29, 0.717) is 0 Å². The van der Waals surface area contributed by atoms with Gasteiger partial charge in [-0.1, -0.05) is 75.3 Å². The van der Waals surface area contributed by atoms with Crippen LogP contribution in [0, 0.1) is 13.5 Å². The molecule has 2 rings (SSSR count). The van der Waals surface area contributed by atoms with Gasteiger partial charge in [-0.15, -0.1) is 0 Å². The molecular weight excluding hydrogens is 538 g/mol. The van der Waals surface area contributed by atoms with E-state index in [4.69, 9.17) is 6.58 Å². The number of allylic oxidation sites excluding steroid dienone is 10. The van der Waals surface area contributed by atoms with Crippen molar-refractivity contribution in [3.63, 3.8) is 0 Å². The molecule has 0 saturated heterocycles. The van der Waals surface area contributed by atoms with Gasteiger partial charge in [0, 0.05) is 19.5 Å². The molecule has 1 aromatic carbocycles. The smallest absolute Gasteiger partial charge is 0.346 e. The molecule has 0 heterocycles. The van der Waals surface area contributed by atoms with Crippen LogP contribution >= 0.6 is 0 Å². The second-order valence-electron chi connectivity index (χ2n) is 6.81. The topological polar surface area (TPSA) is 0 Å². The van der Waals surface area contributed by atoms with Gasteiger partial charge in [0.1, 0.15) is 0 Å². The van der Waals surface area contributed by atoms with Crippen LogP contribution < -0.4 is 0 Å². The zero-order valence-corrected chi connectivity index (χ0v) is 23.9. The molecule has 1 aromatic rings. The summed E-state index contributed by atoms with van der Waals surface area (Å²) in [6, 6.07) is 10.0. The van der Waals surface area contributed by atoms with Gasteiger partial charge in [0.15, 0.2) is 0 Å². The van der Waals surface area contributed by atoms with E-state index in [1.165, 1.54) is 24.0 Å². The fraction of sp³-hybridized carbons (Fsp3) is 0.357. The third-order valence-electron chi connectivity index (χ3n) is 2.91. The first-order chi connectivity index (χ1) is 13.2. The van der Waals surface area contributed by atoms with Crippen LogP contribution in [0.15, 0.2) is 95.2 Å².